The number of anilines is 1. The smallest absolute Gasteiger partial charge is 0.114 e. The van der Waals surface area contributed by atoms with Crippen LogP contribution < -0.4 is 5.32 Å². The van der Waals surface area contributed by atoms with Crippen LogP contribution in [0.4, 0.5) is 5.69 Å². The molecule has 0 atom stereocenters. The first-order valence-corrected chi connectivity index (χ1v) is 5.61. The summed E-state index contributed by atoms with van der Waals surface area (Å²) in [6.45, 7) is 6.44. The molecule has 4 heteroatoms. The van der Waals surface area contributed by atoms with Gasteiger partial charge in [-0.2, -0.15) is 0 Å². The molecule has 0 aromatic carbocycles. The van der Waals surface area contributed by atoms with Crippen LogP contribution in [0.1, 0.15) is 25.6 Å². The standard InChI is InChI=1S/C9H13Cl2NS/c1-9(2,3)7-6(12-4)5(10)8(11)13-7/h12H,1-4H3. The SMILES string of the molecule is CNc1c(C(C)(C)C)sc(Cl)c1Cl. The average molecular weight is 238 g/mol. The first-order valence-electron chi connectivity index (χ1n) is 4.04. The Hall–Kier alpha value is 0.0800. The van der Waals surface area contributed by atoms with Crippen molar-refractivity contribution in [3.8, 4) is 0 Å². The van der Waals surface area contributed by atoms with Gasteiger partial charge in [-0.3, -0.25) is 0 Å². The molecule has 0 unspecified atom stereocenters. The summed E-state index contributed by atoms with van der Waals surface area (Å²) in [4.78, 5) is 1.20. The van der Waals surface area contributed by atoms with E-state index in [-0.39, 0.29) is 5.41 Å². The van der Waals surface area contributed by atoms with Gasteiger partial charge in [-0.1, -0.05) is 44.0 Å². The van der Waals surface area contributed by atoms with Crippen LogP contribution in [-0.4, -0.2) is 7.05 Å². The van der Waals surface area contributed by atoms with Crippen molar-refractivity contribution in [2.45, 2.75) is 26.2 Å². The lowest BCUT2D eigenvalue weighted by Crippen LogP contribution is -2.10. The third-order valence-corrected chi connectivity index (χ3v) is 4.15. The third-order valence-electron chi connectivity index (χ3n) is 1.74. The summed E-state index contributed by atoms with van der Waals surface area (Å²) in [5, 5.41) is 3.72. The van der Waals surface area contributed by atoms with E-state index in [1.54, 1.807) is 11.3 Å². The molecule has 0 aliphatic heterocycles. The molecule has 0 aliphatic carbocycles. The molecule has 1 nitrogen and oxygen atoms in total. The lowest BCUT2D eigenvalue weighted by Gasteiger charge is -2.18. The van der Waals surface area contributed by atoms with Gasteiger partial charge in [-0.25, -0.2) is 0 Å². The topological polar surface area (TPSA) is 12.0 Å². The van der Waals surface area contributed by atoms with Gasteiger partial charge in [0.25, 0.3) is 0 Å². The molecule has 0 bridgehead atoms. The van der Waals surface area contributed by atoms with Crippen LogP contribution in [0, 0.1) is 0 Å². The van der Waals surface area contributed by atoms with Gasteiger partial charge < -0.3 is 5.32 Å². The molecule has 0 radical (unpaired) electrons. The van der Waals surface area contributed by atoms with Crippen molar-refractivity contribution in [2.75, 3.05) is 12.4 Å². The quantitative estimate of drug-likeness (QED) is 0.764. The van der Waals surface area contributed by atoms with E-state index in [1.807, 2.05) is 7.05 Å². The molecule has 0 amide bonds. The Morgan fingerprint density at radius 1 is 1.23 bits per heavy atom. The lowest BCUT2D eigenvalue weighted by atomic mass is 9.94. The second-order valence-electron chi connectivity index (χ2n) is 3.89. The monoisotopic (exact) mass is 237 g/mol. The number of hydrogen-bond donors (Lipinski definition) is 1. The minimum absolute atomic E-state index is 0.0831. The fourth-order valence-electron chi connectivity index (χ4n) is 1.13. The molecule has 1 rings (SSSR count). The summed E-state index contributed by atoms with van der Waals surface area (Å²) in [5.74, 6) is 0. The van der Waals surface area contributed by atoms with Gasteiger partial charge in [-0.05, 0) is 5.41 Å². The predicted molar refractivity (Wildman–Crippen MR) is 62.6 cm³/mol. The summed E-state index contributed by atoms with van der Waals surface area (Å²) in [7, 11) is 1.86. The number of hydrogen-bond acceptors (Lipinski definition) is 2. The van der Waals surface area contributed by atoms with Crippen LogP contribution in [0.3, 0.4) is 0 Å². The zero-order valence-corrected chi connectivity index (χ0v) is 10.5. The maximum absolute atomic E-state index is 6.04. The van der Waals surface area contributed by atoms with Gasteiger partial charge >= 0.3 is 0 Å². The van der Waals surface area contributed by atoms with Crippen molar-refractivity contribution in [2.24, 2.45) is 0 Å². The molecular weight excluding hydrogens is 225 g/mol. The van der Waals surface area contributed by atoms with E-state index in [0.717, 1.165) is 5.69 Å². The van der Waals surface area contributed by atoms with Crippen LogP contribution in [-0.2, 0) is 5.41 Å². The molecule has 1 N–H and O–H groups in total. The third kappa shape index (κ3) is 2.12. The van der Waals surface area contributed by atoms with Gasteiger partial charge in [0.2, 0.25) is 0 Å². The molecule has 0 aliphatic rings. The molecule has 0 spiro atoms. The summed E-state index contributed by atoms with van der Waals surface area (Å²) in [6, 6.07) is 0. The molecule has 13 heavy (non-hydrogen) atoms. The van der Waals surface area contributed by atoms with Crippen LogP contribution in [0.25, 0.3) is 0 Å². The highest BCUT2D eigenvalue weighted by atomic mass is 35.5. The molecular formula is C9H13Cl2NS. The zero-order chi connectivity index (χ0) is 10.2. The van der Waals surface area contributed by atoms with E-state index >= 15 is 0 Å². The van der Waals surface area contributed by atoms with Crippen LogP contribution in [0.15, 0.2) is 0 Å². The number of thiophene rings is 1. The fourth-order valence-corrected chi connectivity index (χ4v) is 2.80. The molecule has 1 aromatic heterocycles. The Morgan fingerprint density at radius 2 is 1.77 bits per heavy atom. The second kappa shape index (κ2) is 3.68. The van der Waals surface area contributed by atoms with Crippen molar-refractivity contribution < 1.29 is 0 Å². The van der Waals surface area contributed by atoms with Gasteiger partial charge in [0.15, 0.2) is 0 Å². The van der Waals surface area contributed by atoms with Gasteiger partial charge in [0.05, 0.1) is 10.7 Å². The Kier molecular flexibility index (Phi) is 3.16. The largest absolute Gasteiger partial charge is 0.386 e. The Bertz CT molecular complexity index is 312. The highest BCUT2D eigenvalue weighted by Crippen LogP contribution is 2.45. The molecule has 0 fully saturated rings. The van der Waals surface area contributed by atoms with Gasteiger partial charge in [0.1, 0.15) is 4.34 Å². The minimum atomic E-state index is 0.0831. The highest BCUT2D eigenvalue weighted by Gasteiger charge is 2.24. The molecule has 0 saturated heterocycles. The molecule has 74 valence electrons. The van der Waals surface area contributed by atoms with Gasteiger partial charge in [0, 0.05) is 11.9 Å². The van der Waals surface area contributed by atoms with Crippen molar-refractivity contribution in [1.29, 1.82) is 0 Å². The second-order valence-corrected chi connectivity index (χ2v) is 5.89. The zero-order valence-electron chi connectivity index (χ0n) is 8.16. The van der Waals surface area contributed by atoms with Crippen molar-refractivity contribution in [1.82, 2.24) is 0 Å². The van der Waals surface area contributed by atoms with Crippen LogP contribution >= 0.6 is 34.5 Å². The Labute approximate surface area is 93.1 Å². The van der Waals surface area contributed by atoms with E-state index in [1.165, 1.54) is 4.88 Å². The average Bonchev–Trinajstić information content (AvgIpc) is 2.28. The Balaban J connectivity index is 3.30. The van der Waals surface area contributed by atoms with Crippen molar-refractivity contribution in [3.63, 3.8) is 0 Å². The van der Waals surface area contributed by atoms with E-state index in [9.17, 15) is 0 Å². The summed E-state index contributed by atoms with van der Waals surface area (Å²) < 4.78 is 0.663. The maximum Gasteiger partial charge on any atom is 0.114 e. The first-order chi connectivity index (χ1) is 5.88. The summed E-state index contributed by atoms with van der Waals surface area (Å²) >= 11 is 13.5. The highest BCUT2D eigenvalue weighted by molar-refractivity contribution is 7.17. The van der Waals surface area contributed by atoms with Crippen LogP contribution in [0.2, 0.25) is 9.36 Å². The van der Waals surface area contributed by atoms with E-state index in [2.05, 4.69) is 26.1 Å². The van der Waals surface area contributed by atoms with Gasteiger partial charge in [-0.15, -0.1) is 11.3 Å². The van der Waals surface area contributed by atoms with E-state index < -0.39 is 0 Å². The van der Waals surface area contributed by atoms with E-state index in [0.29, 0.717) is 9.36 Å². The lowest BCUT2D eigenvalue weighted by molar-refractivity contribution is 0.605. The minimum Gasteiger partial charge on any atom is -0.386 e. The summed E-state index contributed by atoms with van der Waals surface area (Å²) in [6.07, 6.45) is 0. The number of halogens is 2. The molecule has 0 saturated carbocycles. The molecule has 1 aromatic rings. The Morgan fingerprint density at radius 3 is 2.08 bits per heavy atom. The van der Waals surface area contributed by atoms with Crippen molar-refractivity contribution in [3.05, 3.63) is 14.2 Å². The predicted octanol–water partition coefficient (Wildman–Crippen LogP) is 4.39. The summed E-state index contributed by atoms with van der Waals surface area (Å²) in [5.41, 5.74) is 1.05. The molecule has 1 heterocycles. The maximum atomic E-state index is 6.04. The number of nitrogens with one attached hydrogen (secondary N) is 1. The first kappa shape index (κ1) is 11.2. The fraction of sp³-hybridized carbons (Fsp3) is 0.556. The normalized spacial score (nSPS) is 11.8. The van der Waals surface area contributed by atoms with E-state index in [4.69, 9.17) is 23.2 Å². The number of rotatable bonds is 1. The van der Waals surface area contributed by atoms with Crippen molar-refractivity contribution >= 4 is 40.2 Å². The van der Waals surface area contributed by atoms with Crippen LogP contribution in [0.5, 0.6) is 0 Å².